The molecule has 0 aromatic carbocycles. The number of carbonyl (C=O) groups excluding carboxylic acids is 1. The third kappa shape index (κ3) is 2.26. The first-order valence-corrected chi connectivity index (χ1v) is 7.04. The van der Waals surface area contributed by atoms with Crippen molar-refractivity contribution in [2.75, 3.05) is 6.54 Å². The lowest BCUT2D eigenvalue weighted by molar-refractivity contribution is 0.0116. The third-order valence-electron chi connectivity index (χ3n) is 3.94. The number of nitrogens with zero attached hydrogens (tertiary/aromatic N) is 4. The number of amides is 1. The maximum absolute atomic E-state index is 13.8. The first kappa shape index (κ1) is 13.4. The SMILES string of the molecule is O=C(c1cnc[nH]1)N1CC(F)(F)C[C@H]1c1nc(C2CC2)no1. The van der Waals surface area contributed by atoms with E-state index in [0.717, 1.165) is 17.7 Å². The summed E-state index contributed by atoms with van der Waals surface area (Å²) in [6.07, 6.45) is 4.08. The van der Waals surface area contributed by atoms with Crippen molar-refractivity contribution in [3.8, 4) is 0 Å². The topological polar surface area (TPSA) is 87.9 Å². The van der Waals surface area contributed by atoms with Crippen LogP contribution in [0.3, 0.4) is 0 Å². The summed E-state index contributed by atoms with van der Waals surface area (Å²) in [7, 11) is 0. The Morgan fingerprint density at radius 2 is 2.27 bits per heavy atom. The molecule has 9 heteroatoms. The van der Waals surface area contributed by atoms with Gasteiger partial charge in [0, 0.05) is 12.3 Å². The highest BCUT2D eigenvalue weighted by atomic mass is 19.3. The molecule has 116 valence electrons. The maximum atomic E-state index is 13.8. The fourth-order valence-electron chi connectivity index (χ4n) is 2.67. The number of alkyl halides is 2. The monoisotopic (exact) mass is 309 g/mol. The lowest BCUT2D eigenvalue weighted by atomic mass is 10.2. The van der Waals surface area contributed by atoms with E-state index in [1.807, 2.05) is 0 Å². The summed E-state index contributed by atoms with van der Waals surface area (Å²) in [6.45, 7) is -0.670. The van der Waals surface area contributed by atoms with Crippen LogP contribution in [0.5, 0.6) is 0 Å². The number of nitrogens with one attached hydrogen (secondary N) is 1. The van der Waals surface area contributed by atoms with Gasteiger partial charge in [-0.15, -0.1) is 0 Å². The van der Waals surface area contributed by atoms with Crippen LogP contribution in [0.15, 0.2) is 17.0 Å². The Morgan fingerprint density at radius 1 is 1.45 bits per heavy atom. The van der Waals surface area contributed by atoms with E-state index < -0.39 is 30.8 Å². The third-order valence-corrected chi connectivity index (χ3v) is 3.94. The molecule has 1 amide bonds. The molecule has 0 bridgehead atoms. The number of halogens is 2. The number of likely N-dealkylation sites (tertiary alicyclic amines) is 1. The molecular formula is C13H13F2N5O2. The van der Waals surface area contributed by atoms with Crippen LogP contribution in [0.4, 0.5) is 8.78 Å². The van der Waals surface area contributed by atoms with Crippen molar-refractivity contribution >= 4 is 5.91 Å². The van der Waals surface area contributed by atoms with Crippen molar-refractivity contribution in [3.63, 3.8) is 0 Å². The molecule has 1 saturated carbocycles. The molecule has 1 aliphatic carbocycles. The summed E-state index contributed by atoms with van der Waals surface area (Å²) >= 11 is 0. The highest BCUT2D eigenvalue weighted by Crippen LogP contribution is 2.43. The van der Waals surface area contributed by atoms with Crippen molar-refractivity contribution < 1.29 is 18.1 Å². The van der Waals surface area contributed by atoms with Gasteiger partial charge in [-0.25, -0.2) is 13.8 Å². The molecule has 2 aromatic heterocycles. The van der Waals surface area contributed by atoms with E-state index in [2.05, 4.69) is 20.1 Å². The van der Waals surface area contributed by atoms with Gasteiger partial charge in [-0.3, -0.25) is 4.79 Å². The number of aromatic nitrogens is 4. The van der Waals surface area contributed by atoms with Gasteiger partial charge >= 0.3 is 0 Å². The molecule has 1 atom stereocenters. The van der Waals surface area contributed by atoms with E-state index in [1.165, 1.54) is 12.5 Å². The Kier molecular flexibility index (Phi) is 2.78. The summed E-state index contributed by atoms with van der Waals surface area (Å²) in [5.41, 5.74) is 0.157. The molecular weight excluding hydrogens is 296 g/mol. The molecule has 22 heavy (non-hydrogen) atoms. The molecule has 4 rings (SSSR count). The van der Waals surface area contributed by atoms with Gasteiger partial charge in [-0.2, -0.15) is 4.98 Å². The number of hydrogen-bond donors (Lipinski definition) is 1. The number of carbonyl (C=O) groups is 1. The van der Waals surface area contributed by atoms with Gasteiger partial charge in [0.2, 0.25) is 5.89 Å². The first-order valence-electron chi connectivity index (χ1n) is 7.04. The number of rotatable bonds is 3. The molecule has 7 nitrogen and oxygen atoms in total. The van der Waals surface area contributed by atoms with Gasteiger partial charge in [0.1, 0.15) is 11.7 Å². The number of H-pyrrole nitrogens is 1. The highest BCUT2D eigenvalue weighted by molar-refractivity contribution is 5.92. The van der Waals surface area contributed by atoms with Crippen molar-refractivity contribution in [2.45, 2.75) is 37.1 Å². The molecule has 1 aliphatic heterocycles. The Hall–Kier alpha value is -2.32. The number of hydrogen-bond acceptors (Lipinski definition) is 5. The Bertz CT molecular complexity index is 695. The molecule has 1 N–H and O–H groups in total. The molecule has 3 heterocycles. The zero-order valence-electron chi connectivity index (χ0n) is 11.5. The van der Waals surface area contributed by atoms with Crippen LogP contribution in [0, 0.1) is 0 Å². The number of imidazole rings is 1. The minimum Gasteiger partial charge on any atom is -0.341 e. The van der Waals surface area contributed by atoms with Gasteiger partial charge < -0.3 is 14.4 Å². The van der Waals surface area contributed by atoms with Gasteiger partial charge in [0.25, 0.3) is 11.8 Å². The van der Waals surface area contributed by atoms with Crippen LogP contribution in [-0.4, -0.2) is 43.4 Å². The van der Waals surface area contributed by atoms with Crippen LogP contribution < -0.4 is 0 Å². The van der Waals surface area contributed by atoms with Crippen molar-refractivity contribution in [2.24, 2.45) is 0 Å². The fraction of sp³-hybridized carbons (Fsp3) is 0.538. The predicted octanol–water partition coefficient (Wildman–Crippen LogP) is 1.89. The quantitative estimate of drug-likeness (QED) is 0.935. The maximum Gasteiger partial charge on any atom is 0.272 e. The minimum atomic E-state index is -2.98. The van der Waals surface area contributed by atoms with E-state index in [9.17, 15) is 13.6 Å². The van der Waals surface area contributed by atoms with Crippen LogP contribution in [0.1, 0.15) is 53.4 Å². The molecule has 2 fully saturated rings. The predicted molar refractivity (Wildman–Crippen MR) is 68.2 cm³/mol. The Labute approximate surface area is 123 Å². The summed E-state index contributed by atoms with van der Waals surface area (Å²) in [5, 5.41) is 3.84. The average molecular weight is 309 g/mol. The largest absolute Gasteiger partial charge is 0.341 e. The van der Waals surface area contributed by atoms with Crippen molar-refractivity contribution in [1.82, 2.24) is 25.0 Å². The standard InChI is InChI=1S/C13H13F2N5O2/c14-13(15)3-9(11-18-10(19-22-11)7-1-2-7)20(5-13)12(21)8-4-16-6-17-8/h4,6-7,9H,1-3,5H2,(H,16,17)/t9-/m0/s1. The zero-order valence-corrected chi connectivity index (χ0v) is 11.5. The normalized spacial score (nSPS) is 23.9. The highest BCUT2D eigenvalue weighted by Gasteiger charge is 2.50. The molecule has 2 aliphatic rings. The zero-order chi connectivity index (χ0) is 15.3. The van der Waals surface area contributed by atoms with Gasteiger partial charge in [0.15, 0.2) is 5.82 Å². The van der Waals surface area contributed by atoms with Crippen molar-refractivity contribution in [3.05, 3.63) is 29.9 Å². The smallest absolute Gasteiger partial charge is 0.272 e. The van der Waals surface area contributed by atoms with E-state index in [0.29, 0.717) is 5.82 Å². The summed E-state index contributed by atoms with van der Waals surface area (Å²) in [4.78, 5) is 24.0. The van der Waals surface area contributed by atoms with Crippen LogP contribution in [0.2, 0.25) is 0 Å². The Morgan fingerprint density at radius 3 is 2.95 bits per heavy atom. The summed E-state index contributed by atoms with van der Waals surface area (Å²) < 4.78 is 32.7. The van der Waals surface area contributed by atoms with E-state index in [-0.39, 0.29) is 17.5 Å². The van der Waals surface area contributed by atoms with Crippen LogP contribution in [-0.2, 0) is 0 Å². The summed E-state index contributed by atoms with van der Waals surface area (Å²) in [6, 6.07) is -0.911. The minimum absolute atomic E-state index is 0.0759. The lowest BCUT2D eigenvalue weighted by Crippen LogP contribution is -2.33. The van der Waals surface area contributed by atoms with Gasteiger partial charge in [-0.1, -0.05) is 5.16 Å². The second-order valence-corrected chi connectivity index (χ2v) is 5.74. The van der Waals surface area contributed by atoms with Crippen LogP contribution >= 0.6 is 0 Å². The second kappa shape index (κ2) is 4.59. The lowest BCUT2D eigenvalue weighted by Gasteiger charge is -2.20. The van der Waals surface area contributed by atoms with Crippen LogP contribution in [0.25, 0.3) is 0 Å². The fourth-order valence-corrected chi connectivity index (χ4v) is 2.67. The van der Waals surface area contributed by atoms with Crippen molar-refractivity contribution in [1.29, 1.82) is 0 Å². The second-order valence-electron chi connectivity index (χ2n) is 5.74. The summed E-state index contributed by atoms with van der Waals surface area (Å²) in [5.74, 6) is -2.65. The average Bonchev–Trinajstić information content (AvgIpc) is 2.95. The molecule has 0 unspecified atom stereocenters. The molecule has 2 aromatic rings. The molecule has 1 saturated heterocycles. The first-order chi connectivity index (χ1) is 10.5. The van der Waals surface area contributed by atoms with E-state index in [4.69, 9.17) is 4.52 Å². The van der Waals surface area contributed by atoms with Gasteiger partial charge in [-0.05, 0) is 12.8 Å². The van der Waals surface area contributed by atoms with E-state index >= 15 is 0 Å². The molecule has 0 radical (unpaired) electrons. The molecule has 0 spiro atoms. The van der Waals surface area contributed by atoms with E-state index in [1.54, 1.807) is 0 Å². The number of aromatic amines is 1. The Balaban J connectivity index is 1.63. The van der Waals surface area contributed by atoms with Gasteiger partial charge in [0.05, 0.1) is 19.1 Å².